The van der Waals surface area contributed by atoms with Gasteiger partial charge in [0.15, 0.2) is 0 Å². The molecule has 0 bridgehead atoms. The van der Waals surface area contributed by atoms with Gasteiger partial charge in [-0.15, -0.1) is 0 Å². The second kappa shape index (κ2) is 10.7. The van der Waals surface area contributed by atoms with E-state index in [2.05, 4.69) is 33.7 Å². The summed E-state index contributed by atoms with van der Waals surface area (Å²) in [5.41, 5.74) is 5.36. The van der Waals surface area contributed by atoms with Crippen LogP contribution in [0, 0.1) is 0 Å². The number of benzene rings is 2. The molecule has 1 aliphatic carbocycles. The Hall–Kier alpha value is -3.45. The number of hydrogen-bond donors (Lipinski definition) is 1. The Morgan fingerprint density at radius 2 is 1.74 bits per heavy atom. The van der Waals surface area contributed by atoms with E-state index in [1.54, 1.807) is 19.1 Å². The molecule has 7 heteroatoms. The zero-order valence-electron chi connectivity index (χ0n) is 24.4. The topological polar surface area (TPSA) is 65.8 Å². The van der Waals surface area contributed by atoms with Crippen molar-refractivity contribution in [2.75, 3.05) is 26.2 Å². The Morgan fingerprint density at radius 1 is 0.976 bits per heavy atom. The third-order valence-electron chi connectivity index (χ3n) is 10.2. The smallest absolute Gasteiger partial charge is 0.335 e. The van der Waals surface area contributed by atoms with E-state index >= 15 is 0 Å². The highest BCUT2D eigenvalue weighted by molar-refractivity contribution is 6.03. The summed E-state index contributed by atoms with van der Waals surface area (Å²) >= 11 is 0. The molecule has 0 unspecified atom stereocenters. The average molecular weight is 570 g/mol. The predicted molar refractivity (Wildman–Crippen MR) is 163 cm³/mol. The summed E-state index contributed by atoms with van der Waals surface area (Å²) in [7, 11) is 0. The van der Waals surface area contributed by atoms with Crippen LogP contribution in [0.25, 0.3) is 28.2 Å². The quantitative estimate of drug-likeness (QED) is 0.372. The standard InChI is InChI=1S/C35H40FN3O3/c1-35(36)15-18-38(22-35)27-13-16-37(17-14-27)33(40)26-19-24-9-5-6-10-28(24)32-31(23-7-3-2-4-8-23)29-12-11-25(34(41)42)20-30(29)39(32)21-26/h5-6,9-12,19-20,23,27H,2-4,7-8,13-18,21-22H2,1H3,(H,41,42)/t35-/m0/s1. The van der Waals surface area contributed by atoms with E-state index in [0.29, 0.717) is 44.6 Å². The van der Waals surface area contributed by atoms with Gasteiger partial charge in [0, 0.05) is 54.3 Å². The number of piperidine rings is 1. The number of carboxylic acids is 1. The molecule has 4 heterocycles. The first-order chi connectivity index (χ1) is 20.3. The highest BCUT2D eigenvalue weighted by Gasteiger charge is 2.39. The number of amides is 1. The first kappa shape index (κ1) is 27.4. The van der Waals surface area contributed by atoms with E-state index < -0.39 is 11.6 Å². The van der Waals surface area contributed by atoms with Crippen LogP contribution in [0.2, 0.25) is 0 Å². The van der Waals surface area contributed by atoms with Gasteiger partial charge in [-0.05, 0) is 74.3 Å². The highest BCUT2D eigenvalue weighted by Crippen LogP contribution is 2.46. The molecule has 220 valence electrons. The van der Waals surface area contributed by atoms with Gasteiger partial charge in [0.2, 0.25) is 0 Å². The van der Waals surface area contributed by atoms with Gasteiger partial charge in [-0.2, -0.15) is 0 Å². The Balaban J connectivity index is 1.26. The largest absolute Gasteiger partial charge is 0.478 e. The number of hydrogen-bond acceptors (Lipinski definition) is 3. The van der Waals surface area contributed by atoms with E-state index in [9.17, 15) is 19.1 Å². The molecular formula is C35H40FN3O3. The number of likely N-dealkylation sites (tertiary alicyclic amines) is 2. The minimum absolute atomic E-state index is 0.0447. The lowest BCUT2D eigenvalue weighted by Gasteiger charge is -2.37. The van der Waals surface area contributed by atoms with Crippen molar-refractivity contribution >= 4 is 28.9 Å². The fraction of sp³-hybridized carbons (Fsp3) is 0.486. The minimum atomic E-state index is -1.11. The van der Waals surface area contributed by atoms with E-state index in [-0.39, 0.29) is 11.5 Å². The molecule has 3 aliphatic heterocycles. The second-order valence-electron chi connectivity index (χ2n) is 13.1. The van der Waals surface area contributed by atoms with E-state index in [0.717, 1.165) is 65.5 Å². The molecule has 2 aromatic carbocycles. The zero-order valence-corrected chi connectivity index (χ0v) is 24.4. The number of fused-ring (bicyclic) bond motifs is 5. The molecule has 3 aromatic rings. The Kier molecular flexibility index (Phi) is 6.96. The van der Waals surface area contributed by atoms with Crippen LogP contribution >= 0.6 is 0 Å². The van der Waals surface area contributed by atoms with Crippen molar-refractivity contribution in [1.29, 1.82) is 0 Å². The van der Waals surface area contributed by atoms with Crippen LogP contribution in [0.15, 0.2) is 48.0 Å². The van der Waals surface area contributed by atoms with Crippen molar-refractivity contribution in [1.82, 2.24) is 14.4 Å². The maximum atomic E-state index is 14.5. The Morgan fingerprint density at radius 3 is 2.45 bits per heavy atom. The van der Waals surface area contributed by atoms with Crippen molar-refractivity contribution in [2.24, 2.45) is 0 Å². The lowest BCUT2D eigenvalue weighted by Crippen LogP contribution is -2.47. The number of halogens is 1. The molecule has 1 atom stereocenters. The molecular weight excluding hydrogens is 529 g/mol. The third-order valence-corrected chi connectivity index (χ3v) is 10.2. The molecule has 1 aromatic heterocycles. The molecule has 6 nitrogen and oxygen atoms in total. The van der Waals surface area contributed by atoms with Crippen molar-refractivity contribution in [3.63, 3.8) is 0 Å². The number of carboxylic acid groups (broad SMARTS) is 1. The Labute approximate surface area is 246 Å². The zero-order chi connectivity index (χ0) is 29.0. The van der Waals surface area contributed by atoms with Gasteiger partial charge in [-0.25, -0.2) is 9.18 Å². The molecule has 2 saturated heterocycles. The summed E-state index contributed by atoms with van der Waals surface area (Å²) < 4.78 is 16.7. The van der Waals surface area contributed by atoms with Gasteiger partial charge in [0.25, 0.3) is 5.91 Å². The molecule has 1 N–H and O–H groups in total. The SMILES string of the molecule is C[C@]1(F)CCN(C2CCN(C(=O)C3=Cc4ccccc4-c4c(C5CCCCC5)c5ccc(C(=O)O)cc5n4C3)CC2)C1. The highest BCUT2D eigenvalue weighted by atomic mass is 19.1. The van der Waals surface area contributed by atoms with Crippen LogP contribution in [0.3, 0.4) is 0 Å². The first-order valence-corrected chi connectivity index (χ1v) is 15.7. The van der Waals surface area contributed by atoms with Crippen LogP contribution in [0.5, 0.6) is 0 Å². The molecule has 0 radical (unpaired) electrons. The third kappa shape index (κ3) is 4.85. The van der Waals surface area contributed by atoms with Crippen molar-refractivity contribution in [3.8, 4) is 11.3 Å². The molecule has 42 heavy (non-hydrogen) atoms. The number of rotatable bonds is 4. The fourth-order valence-electron chi connectivity index (χ4n) is 8.05. The normalized spacial score (nSPS) is 23.9. The lowest BCUT2D eigenvalue weighted by molar-refractivity contribution is -0.128. The number of aromatic carboxylic acids is 1. The van der Waals surface area contributed by atoms with Crippen molar-refractivity contribution in [2.45, 2.75) is 82.5 Å². The van der Waals surface area contributed by atoms with Crippen molar-refractivity contribution < 1.29 is 19.1 Å². The van der Waals surface area contributed by atoms with Crippen LogP contribution < -0.4 is 0 Å². The minimum Gasteiger partial charge on any atom is -0.478 e. The molecule has 1 amide bonds. The van der Waals surface area contributed by atoms with E-state index in [4.69, 9.17) is 0 Å². The van der Waals surface area contributed by atoms with Gasteiger partial charge in [-0.1, -0.05) is 49.6 Å². The van der Waals surface area contributed by atoms with Gasteiger partial charge in [0.1, 0.15) is 5.67 Å². The number of carbonyl (C=O) groups is 2. The second-order valence-corrected chi connectivity index (χ2v) is 13.1. The summed E-state index contributed by atoms with van der Waals surface area (Å²) in [6, 6.07) is 14.2. The van der Waals surface area contributed by atoms with Crippen LogP contribution in [-0.2, 0) is 11.3 Å². The van der Waals surface area contributed by atoms with Crippen LogP contribution in [0.4, 0.5) is 4.39 Å². The lowest BCUT2D eigenvalue weighted by atomic mass is 9.81. The van der Waals surface area contributed by atoms with Gasteiger partial charge >= 0.3 is 5.97 Å². The molecule has 0 spiro atoms. The maximum Gasteiger partial charge on any atom is 0.335 e. The monoisotopic (exact) mass is 569 g/mol. The van der Waals surface area contributed by atoms with E-state index in [1.807, 2.05) is 17.0 Å². The van der Waals surface area contributed by atoms with E-state index in [1.165, 1.54) is 24.8 Å². The van der Waals surface area contributed by atoms with Crippen LogP contribution in [-0.4, -0.2) is 69.2 Å². The molecule has 1 saturated carbocycles. The first-order valence-electron chi connectivity index (χ1n) is 15.7. The fourth-order valence-corrected chi connectivity index (χ4v) is 8.05. The Bertz CT molecular complexity index is 1570. The number of alkyl halides is 1. The van der Waals surface area contributed by atoms with Crippen molar-refractivity contribution in [3.05, 3.63) is 64.7 Å². The summed E-state index contributed by atoms with van der Waals surface area (Å²) in [6.45, 7) is 4.70. The van der Waals surface area contributed by atoms with Gasteiger partial charge < -0.3 is 14.6 Å². The summed E-state index contributed by atoms with van der Waals surface area (Å²) in [5, 5.41) is 11.0. The van der Waals surface area contributed by atoms with Gasteiger partial charge in [-0.3, -0.25) is 9.69 Å². The summed E-state index contributed by atoms with van der Waals surface area (Å²) in [6.07, 6.45) is 10.3. The molecule has 3 fully saturated rings. The predicted octanol–water partition coefficient (Wildman–Crippen LogP) is 6.88. The average Bonchev–Trinajstić information content (AvgIpc) is 3.47. The summed E-state index contributed by atoms with van der Waals surface area (Å²) in [5.74, 6) is -0.487. The molecule has 4 aliphatic rings. The molecule has 7 rings (SSSR count). The number of aromatic nitrogens is 1. The van der Waals surface area contributed by atoms with Crippen LogP contribution in [0.1, 0.15) is 85.7 Å². The number of nitrogens with zero attached hydrogens (tertiary/aromatic N) is 3. The number of carbonyl (C=O) groups excluding carboxylic acids is 1. The maximum absolute atomic E-state index is 14.5. The van der Waals surface area contributed by atoms with Gasteiger partial charge in [0.05, 0.1) is 17.8 Å². The summed E-state index contributed by atoms with van der Waals surface area (Å²) in [4.78, 5) is 30.4.